The van der Waals surface area contributed by atoms with Crippen molar-refractivity contribution in [3.05, 3.63) is 22.3 Å². The number of ether oxygens (including phenoxy) is 1. The van der Waals surface area contributed by atoms with E-state index >= 15 is 0 Å². The fourth-order valence-corrected chi connectivity index (χ4v) is 8.05. The van der Waals surface area contributed by atoms with Gasteiger partial charge in [0, 0.05) is 13.3 Å². The summed E-state index contributed by atoms with van der Waals surface area (Å²) in [7, 11) is 0. The summed E-state index contributed by atoms with van der Waals surface area (Å²) in [5, 5.41) is 0. The molecule has 2 fully saturated rings. The third kappa shape index (κ3) is 2.75. The molecule has 2 saturated carbocycles. The van der Waals surface area contributed by atoms with Gasteiger partial charge in [0.1, 0.15) is 6.10 Å². The molecule has 154 valence electrons. The maximum Gasteiger partial charge on any atom is 0.302 e. The predicted octanol–water partition coefficient (Wildman–Crippen LogP) is 5.79. The number of carbonyl (C=O) groups excluding carboxylic acids is 2. The largest absolute Gasteiger partial charge is 0.462 e. The molecule has 0 aromatic carbocycles. The highest BCUT2D eigenvalue weighted by Gasteiger charge is 2.59. The minimum absolute atomic E-state index is 0.0561. The topological polar surface area (TPSA) is 43.4 Å². The molecule has 0 heterocycles. The highest BCUT2D eigenvalue weighted by Crippen LogP contribution is 2.67. The molecular weight excluding hydrogens is 348 g/mol. The highest BCUT2D eigenvalue weighted by atomic mass is 16.5. The van der Waals surface area contributed by atoms with Gasteiger partial charge in [-0.1, -0.05) is 30.6 Å². The van der Waals surface area contributed by atoms with E-state index in [0.29, 0.717) is 17.8 Å². The number of carbonyl (C=O) groups is 2. The molecule has 28 heavy (non-hydrogen) atoms. The molecule has 4 rings (SSSR count). The first-order valence-electron chi connectivity index (χ1n) is 11.2. The van der Waals surface area contributed by atoms with Gasteiger partial charge in [-0.25, -0.2) is 0 Å². The molecule has 0 saturated heterocycles. The Hall–Kier alpha value is -1.38. The van der Waals surface area contributed by atoms with E-state index in [2.05, 4.69) is 27.7 Å². The van der Waals surface area contributed by atoms with Crippen LogP contribution in [-0.4, -0.2) is 17.9 Å². The van der Waals surface area contributed by atoms with E-state index in [-0.39, 0.29) is 28.7 Å². The Bertz CT molecular complexity index is 788. The van der Waals surface area contributed by atoms with Crippen LogP contribution in [-0.2, 0) is 14.3 Å². The van der Waals surface area contributed by atoms with Crippen LogP contribution >= 0.6 is 0 Å². The summed E-state index contributed by atoms with van der Waals surface area (Å²) in [6.45, 7) is 12.6. The van der Waals surface area contributed by atoms with Crippen LogP contribution in [0.25, 0.3) is 0 Å². The molecule has 3 heteroatoms. The van der Waals surface area contributed by atoms with E-state index in [4.69, 9.17) is 4.74 Å². The molecule has 0 bridgehead atoms. The quantitative estimate of drug-likeness (QED) is 0.447. The van der Waals surface area contributed by atoms with E-state index in [0.717, 1.165) is 44.1 Å². The molecule has 0 spiro atoms. The van der Waals surface area contributed by atoms with Gasteiger partial charge in [0.2, 0.25) is 0 Å². The molecule has 0 aliphatic heterocycles. The van der Waals surface area contributed by atoms with Gasteiger partial charge in [-0.05, 0) is 93.5 Å². The lowest BCUT2D eigenvalue weighted by Gasteiger charge is -2.58. The van der Waals surface area contributed by atoms with Crippen molar-refractivity contribution in [2.75, 3.05) is 0 Å². The lowest BCUT2D eigenvalue weighted by atomic mass is 9.46. The van der Waals surface area contributed by atoms with Gasteiger partial charge in [0.25, 0.3) is 0 Å². The molecule has 6 atom stereocenters. The summed E-state index contributed by atoms with van der Waals surface area (Å²) >= 11 is 0. The maximum absolute atomic E-state index is 12.4. The van der Waals surface area contributed by atoms with Crippen molar-refractivity contribution in [1.82, 2.24) is 0 Å². The Morgan fingerprint density at radius 2 is 1.57 bits per heavy atom. The van der Waals surface area contributed by atoms with E-state index in [1.165, 1.54) is 24.5 Å². The van der Waals surface area contributed by atoms with E-state index < -0.39 is 0 Å². The minimum Gasteiger partial charge on any atom is -0.462 e. The predicted molar refractivity (Wildman–Crippen MR) is 111 cm³/mol. The van der Waals surface area contributed by atoms with Crippen LogP contribution in [0.1, 0.15) is 86.5 Å². The molecule has 4 aliphatic carbocycles. The van der Waals surface area contributed by atoms with Gasteiger partial charge in [-0.2, -0.15) is 0 Å². The number of fused-ring (bicyclic) bond motifs is 5. The van der Waals surface area contributed by atoms with Crippen molar-refractivity contribution in [1.29, 1.82) is 0 Å². The Morgan fingerprint density at radius 3 is 2.21 bits per heavy atom. The van der Waals surface area contributed by atoms with Gasteiger partial charge in [0.05, 0.1) is 0 Å². The van der Waals surface area contributed by atoms with Crippen LogP contribution < -0.4 is 0 Å². The fourth-order valence-electron chi connectivity index (χ4n) is 8.05. The molecule has 0 amide bonds. The molecule has 0 unspecified atom stereocenters. The summed E-state index contributed by atoms with van der Waals surface area (Å²) < 4.78 is 5.59. The second-order valence-corrected chi connectivity index (χ2v) is 10.6. The SMILES string of the molecule is CC(=O)O[C@H]1CC[C@@]2(C)C(=C(C)C[C@@H]3[C@@H]2CC[C@]2(C)C(C(C)=O)=C(C)C[C@@H]32)C1. The zero-order chi connectivity index (χ0) is 20.4. The normalized spacial score (nSPS) is 42.6. The average Bonchev–Trinajstić information content (AvgIpc) is 2.86. The van der Waals surface area contributed by atoms with Gasteiger partial charge < -0.3 is 4.74 Å². The third-order valence-corrected chi connectivity index (χ3v) is 9.02. The Morgan fingerprint density at radius 1 is 0.893 bits per heavy atom. The van der Waals surface area contributed by atoms with Crippen LogP contribution in [0.5, 0.6) is 0 Å². The lowest BCUT2D eigenvalue weighted by Crippen LogP contribution is -2.51. The number of rotatable bonds is 2. The molecule has 0 aromatic heterocycles. The summed E-state index contributed by atoms with van der Waals surface area (Å²) in [6, 6.07) is 0. The van der Waals surface area contributed by atoms with E-state index in [1.807, 2.05) is 0 Å². The molecular formula is C25H36O3. The van der Waals surface area contributed by atoms with Gasteiger partial charge in [0.15, 0.2) is 5.78 Å². The van der Waals surface area contributed by atoms with E-state index in [9.17, 15) is 9.59 Å². The van der Waals surface area contributed by atoms with Gasteiger partial charge in [-0.3, -0.25) is 9.59 Å². The monoisotopic (exact) mass is 384 g/mol. The van der Waals surface area contributed by atoms with Crippen molar-refractivity contribution >= 4 is 11.8 Å². The van der Waals surface area contributed by atoms with E-state index in [1.54, 1.807) is 12.5 Å². The smallest absolute Gasteiger partial charge is 0.302 e. The molecule has 4 aliphatic rings. The zero-order valence-electron chi connectivity index (χ0n) is 18.5. The number of hydrogen-bond acceptors (Lipinski definition) is 3. The second-order valence-electron chi connectivity index (χ2n) is 10.6. The third-order valence-electron chi connectivity index (χ3n) is 9.02. The Labute approximate surface area is 170 Å². The number of ketones is 1. The van der Waals surface area contributed by atoms with Crippen molar-refractivity contribution in [2.24, 2.45) is 28.6 Å². The number of esters is 1. The van der Waals surface area contributed by atoms with Crippen molar-refractivity contribution in [3.63, 3.8) is 0 Å². The first-order valence-corrected chi connectivity index (χ1v) is 11.2. The van der Waals surface area contributed by atoms with Crippen molar-refractivity contribution in [3.8, 4) is 0 Å². The van der Waals surface area contributed by atoms with Crippen LogP contribution in [0.2, 0.25) is 0 Å². The maximum atomic E-state index is 12.4. The lowest BCUT2D eigenvalue weighted by molar-refractivity contribution is -0.148. The zero-order valence-corrected chi connectivity index (χ0v) is 18.5. The first kappa shape index (κ1) is 19.9. The Balaban J connectivity index is 1.67. The minimum atomic E-state index is -0.154. The molecule has 0 N–H and O–H groups in total. The van der Waals surface area contributed by atoms with Crippen LogP contribution in [0.15, 0.2) is 22.3 Å². The standard InChI is InChI=1S/C25H36O3/c1-14-11-19-20(24(5)9-7-18(13-21(14)24)28-17(4)27)8-10-25(6)22(19)12-15(2)23(25)16(3)26/h18-20,22H,7-13H2,1-6H3/t18-,19+,20-,22-,24+,25-/m0/s1. The van der Waals surface area contributed by atoms with Gasteiger partial charge >= 0.3 is 5.97 Å². The number of allylic oxidation sites excluding steroid dienone is 3. The number of hydrogen-bond donors (Lipinski definition) is 0. The van der Waals surface area contributed by atoms with Crippen LogP contribution in [0, 0.1) is 28.6 Å². The highest BCUT2D eigenvalue weighted by molar-refractivity contribution is 5.96. The fraction of sp³-hybridized carbons (Fsp3) is 0.760. The van der Waals surface area contributed by atoms with Crippen LogP contribution in [0.3, 0.4) is 0 Å². The Kier molecular flexibility index (Phi) is 4.67. The molecule has 0 aromatic rings. The number of Topliss-reactive ketones (excluding diaryl/α,β-unsaturated/α-hetero) is 1. The van der Waals surface area contributed by atoms with Gasteiger partial charge in [-0.15, -0.1) is 0 Å². The second kappa shape index (κ2) is 6.57. The first-order chi connectivity index (χ1) is 13.1. The molecule has 0 radical (unpaired) electrons. The van der Waals surface area contributed by atoms with Crippen LogP contribution in [0.4, 0.5) is 0 Å². The molecule has 3 nitrogen and oxygen atoms in total. The summed E-state index contributed by atoms with van der Waals surface area (Å²) in [4.78, 5) is 23.9. The van der Waals surface area contributed by atoms with Crippen molar-refractivity contribution < 1.29 is 14.3 Å². The summed E-state index contributed by atoms with van der Waals surface area (Å²) in [6.07, 6.45) is 7.68. The van der Waals surface area contributed by atoms with Crippen molar-refractivity contribution in [2.45, 2.75) is 92.6 Å². The summed E-state index contributed by atoms with van der Waals surface area (Å²) in [5.41, 5.74) is 5.89. The average molecular weight is 385 g/mol. The summed E-state index contributed by atoms with van der Waals surface area (Å²) in [5.74, 6) is 2.10.